The molecule has 0 saturated carbocycles. The van der Waals surface area contributed by atoms with E-state index in [-0.39, 0.29) is 6.42 Å². The maximum absolute atomic E-state index is 12.5. The Balaban J connectivity index is 1.84. The Morgan fingerprint density at radius 2 is 1.75 bits per heavy atom. The van der Waals surface area contributed by atoms with Crippen LogP contribution in [0.4, 0.5) is 0 Å². The van der Waals surface area contributed by atoms with E-state index in [0.29, 0.717) is 6.42 Å². The molecule has 0 aromatic rings. The van der Waals surface area contributed by atoms with Crippen molar-refractivity contribution in [3.8, 4) is 0 Å². The molecule has 0 bridgehead atoms. The first kappa shape index (κ1) is 26.6. The Hall–Kier alpha value is -1.67. The fourth-order valence-corrected chi connectivity index (χ4v) is 3.43. The van der Waals surface area contributed by atoms with Crippen molar-refractivity contribution in [3.63, 3.8) is 0 Å². The van der Waals surface area contributed by atoms with Gasteiger partial charge in [0.1, 0.15) is 37.1 Å². The summed E-state index contributed by atoms with van der Waals surface area (Å²) >= 11 is 0. The number of rotatable bonds is 12. The van der Waals surface area contributed by atoms with Crippen molar-refractivity contribution in [2.45, 2.75) is 94.5 Å². The summed E-state index contributed by atoms with van der Waals surface area (Å²) in [6.07, 6.45) is -8.58. The number of hydrogen-bond donors (Lipinski definition) is 5. The predicted octanol–water partition coefficient (Wildman–Crippen LogP) is -2.07. The van der Waals surface area contributed by atoms with Gasteiger partial charge < -0.3 is 44.5 Å². The molecule has 8 atom stereocenters. The average molecular weight is 464 g/mol. The van der Waals surface area contributed by atoms with Gasteiger partial charge in [-0.05, 0) is 6.42 Å². The van der Waals surface area contributed by atoms with Crippen LogP contribution in [0, 0.1) is 0 Å². The molecule has 1 unspecified atom stereocenters. The van der Waals surface area contributed by atoms with Crippen molar-refractivity contribution in [1.82, 2.24) is 0 Å². The third-order valence-electron chi connectivity index (χ3n) is 5.36. The van der Waals surface area contributed by atoms with Gasteiger partial charge in [0.15, 0.2) is 12.4 Å². The summed E-state index contributed by atoms with van der Waals surface area (Å²) in [6, 6.07) is 0. The molecule has 0 spiro atoms. The number of carbonyl (C=O) groups is 3. The first-order chi connectivity index (χ1) is 15.2. The first-order valence-corrected chi connectivity index (χ1v) is 10.7. The van der Waals surface area contributed by atoms with Crippen molar-refractivity contribution in [2.75, 3.05) is 13.2 Å². The number of ether oxygens (including phenoxy) is 4. The lowest BCUT2D eigenvalue weighted by atomic mass is 9.99. The topological polar surface area (TPSA) is 189 Å². The van der Waals surface area contributed by atoms with Gasteiger partial charge in [0.05, 0.1) is 6.61 Å². The lowest BCUT2D eigenvalue weighted by molar-refractivity contribution is -0.305. The minimum absolute atomic E-state index is 0.164. The molecule has 2 aliphatic heterocycles. The molecule has 0 aromatic carbocycles. The minimum atomic E-state index is -1.88. The van der Waals surface area contributed by atoms with Crippen LogP contribution in [0.25, 0.3) is 0 Å². The Labute approximate surface area is 185 Å². The maximum atomic E-state index is 12.5. The van der Waals surface area contributed by atoms with Crippen LogP contribution >= 0.6 is 0 Å². The summed E-state index contributed by atoms with van der Waals surface area (Å²) in [5, 5.41) is 48.9. The van der Waals surface area contributed by atoms with Crippen molar-refractivity contribution in [2.24, 2.45) is 0 Å². The van der Waals surface area contributed by atoms with Crippen LogP contribution in [0.1, 0.15) is 45.4 Å². The van der Waals surface area contributed by atoms with E-state index in [0.717, 1.165) is 25.7 Å². The van der Waals surface area contributed by atoms with Gasteiger partial charge in [-0.25, -0.2) is 4.79 Å². The zero-order chi connectivity index (χ0) is 23.8. The molecule has 0 amide bonds. The number of cyclic esters (lactones) is 1. The molecule has 12 heteroatoms. The molecule has 12 nitrogen and oxygen atoms in total. The summed E-state index contributed by atoms with van der Waals surface area (Å²) in [7, 11) is 0. The zero-order valence-corrected chi connectivity index (χ0v) is 17.9. The standard InChI is InChI=1S/C20H32O12/c1-2-3-4-5-6-7-12(23)29-9-10(22)17-16(27)18(19(28)31-17)32-20-15(26)14(25)13(24)11(8-21)30-20/h10-11,13-15,17-18,20-22,24-26H,2-9H2,1H3/t10-,11+,13+,14-,15+,17+,18?,20+/m0/s1. The first-order valence-electron chi connectivity index (χ1n) is 10.7. The third-order valence-corrected chi connectivity index (χ3v) is 5.36. The summed E-state index contributed by atoms with van der Waals surface area (Å²) in [5.41, 5.74) is 0. The van der Waals surface area contributed by atoms with Gasteiger partial charge in [-0.15, -0.1) is 0 Å². The Kier molecular flexibility index (Phi) is 10.4. The molecule has 0 aliphatic carbocycles. The largest absolute Gasteiger partial charge is 0.463 e. The van der Waals surface area contributed by atoms with E-state index >= 15 is 0 Å². The number of Topliss-reactive ketones (excluding diaryl/α,β-unsaturated/α-hetero) is 1. The van der Waals surface area contributed by atoms with Crippen LogP contribution in [0.5, 0.6) is 0 Å². The fraction of sp³-hybridized carbons (Fsp3) is 0.850. The highest BCUT2D eigenvalue weighted by atomic mass is 16.7. The summed E-state index contributed by atoms with van der Waals surface area (Å²) in [5.74, 6) is -2.71. The summed E-state index contributed by atoms with van der Waals surface area (Å²) in [4.78, 5) is 36.3. The molecule has 2 aliphatic rings. The number of unbranched alkanes of at least 4 members (excludes halogenated alkanes) is 4. The number of carbonyl (C=O) groups excluding carboxylic acids is 3. The predicted molar refractivity (Wildman–Crippen MR) is 104 cm³/mol. The number of aliphatic hydroxyl groups is 5. The zero-order valence-electron chi connectivity index (χ0n) is 17.9. The van der Waals surface area contributed by atoms with Crippen molar-refractivity contribution >= 4 is 17.7 Å². The number of ketones is 1. The summed E-state index contributed by atoms with van der Waals surface area (Å²) < 4.78 is 20.0. The van der Waals surface area contributed by atoms with Gasteiger partial charge in [-0.3, -0.25) is 9.59 Å². The van der Waals surface area contributed by atoms with Crippen LogP contribution in [-0.2, 0) is 33.3 Å². The molecule has 32 heavy (non-hydrogen) atoms. The lowest BCUT2D eigenvalue weighted by Gasteiger charge is -2.39. The van der Waals surface area contributed by atoms with Crippen molar-refractivity contribution < 1.29 is 58.9 Å². The molecule has 5 N–H and O–H groups in total. The van der Waals surface area contributed by atoms with Gasteiger partial charge >= 0.3 is 11.9 Å². The van der Waals surface area contributed by atoms with Crippen LogP contribution in [0.3, 0.4) is 0 Å². The van der Waals surface area contributed by atoms with E-state index in [9.17, 15) is 39.9 Å². The minimum Gasteiger partial charge on any atom is -0.463 e. The van der Waals surface area contributed by atoms with E-state index in [1.165, 1.54) is 0 Å². The van der Waals surface area contributed by atoms with E-state index in [4.69, 9.17) is 18.9 Å². The highest BCUT2D eigenvalue weighted by Gasteiger charge is 2.52. The molecular weight excluding hydrogens is 432 g/mol. The maximum Gasteiger partial charge on any atom is 0.344 e. The molecule has 2 fully saturated rings. The number of hydrogen-bond acceptors (Lipinski definition) is 12. The molecule has 0 aromatic heterocycles. The molecule has 2 rings (SSSR count). The SMILES string of the molecule is CCCCCCCC(=O)OC[C@H](O)[C@H]1OC(=O)C(O[C@H]2O[C@H](CO)[C@@H](O)[C@H](O)[C@H]2O)C1=O. The molecule has 184 valence electrons. The van der Waals surface area contributed by atoms with E-state index < -0.39 is 80.0 Å². The van der Waals surface area contributed by atoms with E-state index in [1.807, 2.05) is 0 Å². The molecular formula is C20H32O12. The van der Waals surface area contributed by atoms with Crippen molar-refractivity contribution in [1.29, 1.82) is 0 Å². The Bertz CT molecular complexity index is 638. The van der Waals surface area contributed by atoms with E-state index in [2.05, 4.69) is 6.92 Å². The average Bonchev–Trinajstić information content (AvgIpc) is 3.05. The van der Waals surface area contributed by atoms with Gasteiger partial charge in [0, 0.05) is 6.42 Å². The Morgan fingerprint density at radius 3 is 2.41 bits per heavy atom. The Morgan fingerprint density at radius 1 is 1.06 bits per heavy atom. The quantitative estimate of drug-likeness (QED) is 0.121. The molecule has 2 saturated heterocycles. The molecule has 0 radical (unpaired) electrons. The number of esters is 2. The van der Waals surface area contributed by atoms with Crippen molar-refractivity contribution in [3.05, 3.63) is 0 Å². The van der Waals surface area contributed by atoms with E-state index in [1.54, 1.807) is 0 Å². The highest BCUT2D eigenvalue weighted by Crippen LogP contribution is 2.26. The van der Waals surface area contributed by atoms with Crippen LogP contribution in [0.2, 0.25) is 0 Å². The normalized spacial score (nSPS) is 33.8. The smallest absolute Gasteiger partial charge is 0.344 e. The highest BCUT2D eigenvalue weighted by molar-refractivity contribution is 6.09. The second kappa shape index (κ2) is 12.5. The lowest BCUT2D eigenvalue weighted by Crippen LogP contribution is -2.60. The monoisotopic (exact) mass is 464 g/mol. The van der Waals surface area contributed by atoms with Crippen LogP contribution in [0.15, 0.2) is 0 Å². The van der Waals surface area contributed by atoms with Gasteiger partial charge in [-0.2, -0.15) is 0 Å². The third kappa shape index (κ3) is 6.67. The van der Waals surface area contributed by atoms with Gasteiger partial charge in [0.2, 0.25) is 11.9 Å². The second-order valence-corrected chi connectivity index (χ2v) is 7.89. The second-order valence-electron chi connectivity index (χ2n) is 7.89. The van der Waals surface area contributed by atoms with Gasteiger partial charge in [-0.1, -0.05) is 32.6 Å². The number of aliphatic hydroxyl groups excluding tert-OH is 5. The molecule has 2 heterocycles. The fourth-order valence-electron chi connectivity index (χ4n) is 3.43. The summed E-state index contributed by atoms with van der Waals surface area (Å²) in [6.45, 7) is 0.787. The van der Waals surface area contributed by atoms with Gasteiger partial charge in [0.25, 0.3) is 0 Å². The van der Waals surface area contributed by atoms with Crippen LogP contribution in [-0.4, -0.2) is 105 Å². The van der Waals surface area contributed by atoms with Crippen LogP contribution < -0.4 is 0 Å².